The minimum atomic E-state index is -0.263. The highest BCUT2D eigenvalue weighted by atomic mass is 16.5. The SMILES string of the molecule is CC(C)c1ccc(C=C2Oc3c(ccc(O)c3CN(CC#N)CC#N)C2=O)cc1. The van der Waals surface area contributed by atoms with Crippen molar-refractivity contribution in [1.82, 2.24) is 4.90 Å². The molecule has 0 fully saturated rings. The van der Waals surface area contributed by atoms with Crippen molar-refractivity contribution in [2.45, 2.75) is 26.3 Å². The summed E-state index contributed by atoms with van der Waals surface area (Å²) in [5.41, 5.74) is 2.79. The van der Waals surface area contributed by atoms with Gasteiger partial charge in [-0.15, -0.1) is 0 Å². The fraction of sp³-hybridized carbons (Fsp3) is 0.261. The van der Waals surface area contributed by atoms with Crippen molar-refractivity contribution in [2.24, 2.45) is 0 Å². The second-order valence-corrected chi connectivity index (χ2v) is 7.16. The van der Waals surface area contributed by atoms with Crippen LogP contribution in [0.4, 0.5) is 0 Å². The molecular formula is C23H21N3O3. The number of ketones is 1. The van der Waals surface area contributed by atoms with Crippen LogP contribution < -0.4 is 4.74 Å². The number of ether oxygens (including phenoxy) is 1. The summed E-state index contributed by atoms with van der Waals surface area (Å²) in [6.45, 7) is 4.40. The largest absolute Gasteiger partial charge is 0.507 e. The third-order valence-electron chi connectivity index (χ3n) is 4.79. The van der Waals surface area contributed by atoms with Crippen LogP contribution in [0.1, 0.15) is 46.8 Å². The Kier molecular flexibility index (Phi) is 5.97. The first-order chi connectivity index (χ1) is 13.9. The van der Waals surface area contributed by atoms with E-state index in [-0.39, 0.29) is 42.7 Å². The zero-order valence-electron chi connectivity index (χ0n) is 16.3. The predicted octanol–water partition coefficient (Wildman–Crippen LogP) is 3.98. The molecule has 0 aromatic heterocycles. The summed E-state index contributed by atoms with van der Waals surface area (Å²) >= 11 is 0. The minimum absolute atomic E-state index is 0.0233. The molecule has 0 aliphatic carbocycles. The van der Waals surface area contributed by atoms with Gasteiger partial charge in [-0.2, -0.15) is 10.5 Å². The number of benzene rings is 2. The van der Waals surface area contributed by atoms with Gasteiger partial charge in [0.05, 0.1) is 36.4 Å². The molecule has 1 N–H and O–H groups in total. The summed E-state index contributed by atoms with van der Waals surface area (Å²) in [6, 6.07) is 14.9. The van der Waals surface area contributed by atoms with Gasteiger partial charge < -0.3 is 9.84 Å². The molecular weight excluding hydrogens is 366 g/mol. The smallest absolute Gasteiger partial charge is 0.231 e. The molecule has 0 atom stereocenters. The normalized spacial score (nSPS) is 14.0. The number of hydrogen-bond donors (Lipinski definition) is 1. The lowest BCUT2D eigenvalue weighted by Crippen LogP contribution is -2.24. The van der Waals surface area contributed by atoms with Gasteiger partial charge in [0.2, 0.25) is 5.78 Å². The summed E-state index contributed by atoms with van der Waals surface area (Å²) in [4.78, 5) is 14.3. The van der Waals surface area contributed by atoms with Crippen molar-refractivity contribution in [3.63, 3.8) is 0 Å². The molecule has 3 rings (SSSR count). The first-order valence-corrected chi connectivity index (χ1v) is 9.30. The van der Waals surface area contributed by atoms with E-state index in [0.717, 1.165) is 5.56 Å². The molecule has 6 nitrogen and oxygen atoms in total. The van der Waals surface area contributed by atoms with Crippen LogP contribution in [0, 0.1) is 22.7 Å². The first kappa shape index (κ1) is 20.1. The van der Waals surface area contributed by atoms with Crippen LogP contribution in [0.3, 0.4) is 0 Å². The maximum absolute atomic E-state index is 12.8. The van der Waals surface area contributed by atoms with E-state index in [1.54, 1.807) is 11.0 Å². The van der Waals surface area contributed by atoms with E-state index >= 15 is 0 Å². The number of nitriles is 2. The molecule has 1 heterocycles. The van der Waals surface area contributed by atoms with Crippen molar-refractivity contribution in [2.75, 3.05) is 13.1 Å². The number of hydrogen-bond acceptors (Lipinski definition) is 6. The molecule has 2 aromatic carbocycles. The Balaban J connectivity index is 1.92. The van der Waals surface area contributed by atoms with Crippen molar-refractivity contribution in [3.05, 3.63) is 64.4 Å². The van der Waals surface area contributed by atoms with E-state index in [2.05, 4.69) is 13.8 Å². The number of carbonyl (C=O) groups excluding carboxylic acids is 1. The van der Waals surface area contributed by atoms with Gasteiger partial charge >= 0.3 is 0 Å². The van der Waals surface area contributed by atoms with Crippen LogP contribution in [0.15, 0.2) is 42.2 Å². The number of rotatable bonds is 6. The fourth-order valence-electron chi connectivity index (χ4n) is 3.17. The van der Waals surface area contributed by atoms with Crippen molar-refractivity contribution < 1.29 is 14.6 Å². The van der Waals surface area contributed by atoms with E-state index in [9.17, 15) is 9.90 Å². The summed E-state index contributed by atoms with van der Waals surface area (Å²) in [7, 11) is 0. The number of phenols is 1. The van der Waals surface area contributed by atoms with Gasteiger partial charge in [-0.25, -0.2) is 0 Å². The molecule has 0 radical (unpaired) electrons. The van der Waals surface area contributed by atoms with Crippen LogP contribution in [0.5, 0.6) is 11.5 Å². The van der Waals surface area contributed by atoms with Crippen LogP contribution in [0.2, 0.25) is 0 Å². The molecule has 0 spiro atoms. The average molecular weight is 387 g/mol. The Labute approximate surface area is 169 Å². The number of allylic oxidation sites excluding steroid dienone is 1. The van der Waals surface area contributed by atoms with E-state index in [1.165, 1.54) is 17.7 Å². The first-order valence-electron chi connectivity index (χ1n) is 9.30. The number of carbonyl (C=O) groups is 1. The molecule has 1 aliphatic heterocycles. The van der Waals surface area contributed by atoms with Crippen molar-refractivity contribution in [3.8, 4) is 23.6 Å². The van der Waals surface area contributed by atoms with E-state index in [4.69, 9.17) is 15.3 Å². The highest BCUT2D eigenvalue weighted by Gasteiger charge is 2.31. The monoisotopic (exact) mass is 387 g/mol. The molecule has 0 amide bonds. The average Bonchev–Trinajstić information content (AvgIpc) is 3.00. The summed E-state index contributed by atoms with van der Waals surface area (Å²) in [5.74, 6) is 0.569. The predicted molar refractivity (Wildman–Crippen MR) is 108 cm³/mol. The van der Waals surface area contributed by atoms with Crippen LogP contribution in [-0.2, 0) is 6.54 Å². The van der Waals surface area contributed by atoms with Gasteiger partial charge in [0.25, 0.3) is 0 Å². The maximum Gasteiger partial charge on any atom is 0.231 e. The van der Waals surface area contributed by atoms with Gasteiger partial charge in [0, 0.05) is 6.54 Å². The lowest BCUT2D eigenvalue weighted by Gasteiger charge is -2.17. The molecule has 6 heteroatoms. The molecule has 1 aliphatic rings. The second kappa shape index (κ2) is 8.60. The standard InChI is InChI=1S/C23H21N3O3/c1-15(2)17-5-3-16(4-6-17)13-21-22(28)18-7-8-20(27)19(23(18)29-21)14-26(11-9-24)12-10-25/h3-8,13,15,27H,11-12,14H2,1-2H3. The summed E-state index contributed by atoms with van der Waals surface area (Å²) in [5, 5.41) is 28.2. The quantitative estimate of drug-likeness (QED) is 0.595. The Bertz CT molecular complexity index is 1020. The highest BCUT2D eigenvalue weighted by Crippen LogP contribution is 2.40. The Morgan fingerprint density at radius 1 is 1.10 bits per heavy atom. The summed E-state index contributed by atoms with van der Waals surface area (Å²) in [6.07, 6.45) is 1.68. The van der Waals surface area contributed by atoms with E-state index in [0.29, 0.717) is 17.0 Å². The zero-order chi connectivity index (χ0) is 21.0. The number of fused-ring (bicyclic) bond motifs is 1. The van der Waals surface area contributed by atoms with Crippen molar-refractivity contribution >= 4 is 11.9 Å². The lowest BCUT2D eigenvalue weighted by atomic mass is 10.0. The van der Waals surface area contributed by atoms with Crippen molar-refractivity contribution in [1.29, 1.82) is 10.5 Å². The molecule has 0 bridgehead atoms. The Morgan fingerprint density at radius 2 is 1.76 bits per heavy atom. The third kappa shape index (κ3) is 4.29. The molecule has 2 aromatic rings. The van der Waals surface area contributed by atoms with Gasteiger partial charge in [-0.3, -0.25) is 9.69 Å². The minimum Gasteiger partial charge on any atom is -0.507 e. The molecule has 0 saturated carbocycles. The van der Waals surface area contributed by atoms with Gasteiger partial charge in [0.1, 0.15) is 11.5 Å². The van der Waals surface area contributed by atoms with Gasteiger partial charge in [0.15, 0.2) is 5.76 Å². The Hall–Kier alpha value is -3.61. The fourth-order valence-corrected chi connectivity index (χ4v) is 3.17. The van der Waals surface area contributed by atoms with Gasteiger partial charge in [-0.1, -0.05) is 38.1 Å². The van der Waals surface area contributed by atoms with E-state index < -0.39 is 0 Å². The van der Waals surface area contributed by atoms with Gasteiger partial charge in [-0.05, 0) is 35.3 Å². The Morgan fingerprint density at radius 3 is 2.34 bits per heavy atom. The lowest BCUT2D eigenvalue weighted by molar-refractivity contribution is 0.101. The molecule has 29 heavy (non-hydrogen) atoms. The second-order valence-electron chi connectivity index (χ2n) is 7.16. The molecule has 146 valence electrons. The maximum atomic E-state index is 12.8. The zero-order valence-corrected chi connectivity index (χ0v) is 16.3. The number of aromatic hydroxyl groups is 1. The number of nitrogens with zero attached hydrogens (tertiary/aromatic N) is 3. The third-order valence-corrected chi connectivity index (χ3v) is 4.79. The molecule has 0 unspecified atom stereocenters. The van der Waals surface area contributed by atoms with E-state index in [1.807, 2.05) is 36.4 Å². The van der Waals surface area contributed by atoms with Crippen LogP contribution >= 0.6 is 0 Å². The van der Waals surface area contributed by atoms with Crippen LogP contribution in [-0.4, -0.2) is 28.9 Å². The number of Topliss-reactive ketones (excluding diaryl/α,β-unsaturated/α-hetero) is 1. The molecule has 0 saturated heterocycles. The topological polar surface area (TPSA) is 97.3 Å². The van der Waals surface area contributed by atoms with Crippen LogP contribution in [0.25, 0.3) is 6.08 Å². The highest BCUT2D eigenvalue weighted by molar-refractivity contribution is 6.15. The summed E-state index contributed by atoms with van der Waals surface area (Å²) < 4.78 is 5.83. The number of phenolic OH excluding ortho intramolecular Hbond substituents is 1.